The van der Waals surface area contributed by atoms with E-state index in [0.717, 1.165) is 0 Å². The van der Waals surface area contributed by atoms with Crippen molar-refractivity contribution in [2.75, 3.05) is 5.32 Å². The molecule has 22 heavy (non-hydrogen) atoms. The van der Waals surface area contributed by atoms with Crippen LogP contribution < -0.4 is 5.32 Å². The van der Waals surface area contributed by atoms with Crippen LogP contribution in [0.5, 0.6) is 11.5 Å². The number of aryl methyl sites for hydroxylation is 1. The number of aromatic nitrogens is 2. The molecule has 0 aliphatic rings. The molecule has 8 heteroatoms. The highest BCUT2D eigenvalue weighted by atomic mass is 16.6. The van der Waals surface area contributed by atoms with Crippen molar-refractivity contribution in [3.8, 4) is 17.6 Å². The minimum atomic E-state index is -0.680. The summed E-state index contributed by atoms with van der Waals surface area (Å²) in [6, 6.07) is 5.70. The first-order chi connectivity index (χ1) is 10.5. The monoisotopic (exact) mass is 300 g/mol. The van der Waals surface area contributed by atoms with Crippen LogP contribution in [0.4, 0.5) is 5.82 Å². The lowest BCUT2D eigenvalue weighted by atomic mass is 10.1. The smallest absolute Gasteiger partial charge is 0.267 e. The fourth-order valence-corrected chi connectivity index (χ4v) is 1.65. The molecular formula is C14H12N4O4. The molecule has 0 saturated carbocycles. The van der Waals surface area contributed by atoms with Crippen LogP contribution in [0.15, 0.2) is 28.4 Å². The van der Waals surface area contributed by atoms with E-state index in [1.165, 1.54) is 24.3 Å². The van der Waals surface area contributed by atoms with E-state index in [1.54, 1.807) is 6.07 Å². The van der Waals surface area contributed by atoms with E-state index in [9.17, 15) is 15.0 Å². The van der Waals surface area contributed by atoms with Gasteiger partial charge in [0.15, 0.2) is 11.5 Å². The summed E-state index contributed by atoms with van der Waals surface area (Å²) >= 11 is 0. The Labute approximate surface area is 125 Å². The highest BCUT2D eigenvalue weighted by molar-refractivity contribution is 6.09. The number of hydrogen-bond donors (Lipinski definition) is 3. The van der Waals surface area contributed by atoms with E-state index < -0.39 is 5.91 Å². The third-order valence-electron chi connectivity index (χ3n) is 2.80. The van der Waals surface area contributed by atoms with Gasteiger partial charge in [0.1, 0.15) is 17.3 Å². The topological polar surface area (TPSA) is 132 Å². The number of carbonyl (C=O) groups is 1. The number of rotatable bonds is 4. The van der Waals surface area contributed by atoms with Gasteiger partial charge in [-0.3, -0.25) is 4.79 Å². The Balaban J connectivity index is 2.23. The van der Waals surface area contributed by atoms with Gasteiger partial charge in [-0.1, -0.05) is 18.1 Å². The number of phenolic OH excluding ortho intramolecular Hbond substituents is 2. The van der Waals surface area contributed by atoms with Crippen LogP contribution in [0, 0.1) is 11.3 Å². The molecule has 0 saturated heterocycles. The molecule has 1 heterocycles. The molecule has 0 bridgehead atoms. The minimum Gasteiger partial charge on any atom is -0.504 e. The molecule has 2 rings (SSSR count). The van der Waals surface area contributed by atoms with Gasteiger partial charge in [-0.15, -0.1) is 0 Å². The Kier molecular flexibility index (Phi) is 4.38. The summed E-state index contributed by atoms with van der Waals surface area (Å²) < 4.78 is 4.52. The predicted octanol–water partition coefficient (Wildman–Crippen LogP) is 1.59. The summed E-state index contributed by atoms with van der Waals surface area (Å²) in [5.74, 6) is -1.16. The molecule has 1 aromatic heterocycles. The number of nitriles is 1. The Morgan fingerprint density at radius 2 is 2.18 bits per heavy atom. The second-order valence-electron chi connectivity index (χ2n) is 4.29. The molecule has 0 radical (unpaired) electrons. The van der Waals surface area contributed by atoms with E-state index in [0.29, 0.717) is 17.7 Å². The van der Waals surface area contributed by atoms with Gasteiger partial charge in [0.25, 0.3) is 5.91 Å². The third kappa shape index (κ3) is 3.21. The summed E-state index contributed by atoms with van der Waals surface area (Å²) in [4.78, 5) is 12.0. The number of phenols is 2. The number of aromatic hydroxyl groups is 2. The fraction of sp³-hybridized carbons (Fsp3) is 0.143. The van der Waals surface area contributed by atoms with Crippen molar-refractivity contribution < 1.29 is 19.6 Å². The van der Waals surface area contributed by atoms with Crippen molar-refractivity contribution in [3.63, 3.8) is 0 Å². The molecule has 3 N–H and O–H groups in total. The van der Waals surface area contributed by atoms with E-state index in [2.05, 4.69) is 20.3 Å². The SMILES string of the molecule is CCc1nonc1NC(=O)/C(C#N)=C/c1ccc(O)c(O)c1. The molecule has 0 aliphatic heterocycles. The molecule has 112 valence electrons. The molecule has 0 aliphatic carbocycles. The van der Waals surface area contributed by atoms with Gasteiger partial charge in [-0.2, -0.15) is 5.26 Å². The van der Waals surface area contributed by atoms with Gasteiger partial charge in [0, 0.05) is 0 Å². The maximum atomic E-state index is 12.0. The average Bonchev–Trinajstić information content (AvgIpc) is 2.95. The summed E-state index contributed by atoms with van der Waals surface area (Å²) in [5, 5.41) is 37.3. The maximum Gasteiger partial charge on any atom is 0.267 e. The molecular weight excluding hydrogens is 288 g/mol. The van der Waals surface area contributed by atoms with Crippen LogP contribution in [0.25, 0.3) is 6.08 Å². The van der Waals surface area contributed by atoms with E-state index in [-0.39, 0.29) is 22.9 Å². The Morgan fingerprint density at radius 3 is 2.82 bits per heavy atom. The van der Waals surface area contributed by atoms with E-state index in [4.69, 9.17) is 5.26 Å². The minimum absolute atomic E-state index is 0.155. The average molecular weight is 300 g/mol. The summed E-state index contributed by atoms with van der Waals surface area (Å²) in [5.41, 5.74) is 0.652. The standard InChI is InChI=1S/C14H12N4O4/c1-2-10-13(18-22-17-10)16-14(21)9(7-15)5-8-3-4-11(19)12(20)6-8/h3-6,19-20H,2H2,1H3,(H,16,18,21)/b9-5+. The zero-order valence-corrected chi connectivity index (χ0v) is 11.6. The van der Waals surface area contributed by atoms with Crippen LogP contribution in [-0.2, 0) is 11.2 Å². The second kappa shape index (κ2) is 6.41. The normalized spacial score (nSPS) is 11.0. The largest absolute Gasteiger partial charge is 0.504 e. The molecule has 1 amide bonds. The van der Waals surface area contributed by atoms with E-state index >= 15 is 0 Å². The molecule has 0 fully saturated rings. The quantitative estimate of drug-likeness (QED) is 0.443. The van der Waals surface area contributed by atoms with Crippen LogP contribution in [0.2, 0.25) is 0 Å². The third-order valence-corrected chi connectivity index (χ3v) is 2.80. The Bertz CT molecular complexity index is 773. The second-order valence-corrected chi connectivity index (χ2v) is 4.29. The molecule has 2 aromatic rings. The lowest BCUT2D eigenvalue weighted by molar-refractivity contribution is -0.112. The molecule has 8 nitrogen and oxygen atoms in total. The highest BCUT2D eigenvalue weighted by Crippen LogP contribution is 2.26. The van der Waals surface area contributed by atoms with Crippen molar-refractivity contribution in [2.45, 2.75) is 13.3 Å². The summed E-state index contributed by atoms with van der Waals surface area (Å²) in [6.07, 6.45) is 1.78. The van der Waals surface area contributed by atoms with Gasteiger partial charge in [-0.25, -0.2) is 4.63 Å². The van der Waals surface area contributed by atoms with Gasteiger partial charge in [0.05, 0.1) is 0 Å². The van der Waals surface area contributed by atoms with Gasteiger partial charge in [0.2, 0.25) is 5.82 Å². The first-order valence-corrected chi connectivity index (χ1v) is 6.31. The Morgan fingerprint density at radius 1 is 1.41 bits per heavy atom. The fourth-order valence-electron chi connectivity index (χ4n) is 1.65. The molecule has 0 atom stereocenters. The van der Waals surface area contributed by atoms with Gasteiger partial charge < -0.3 is 15.5 Å². The number of hydrogen-bond acceptors (Lipinski definition) is 7. The van der Waals surface area contributed by atoms with Crippen molar-refractivity contribution in [1.82, 2.24) is 10.3 Å². The number of nitrogens with zero attached hydrogens (tertiary/aromatic N) is 3. The molecule has 0 spiro atoms. The zero-order valence-electron chi connectivity index (χ0n) is 11.6. The van der Waals surface area contributed by atoms with Crippen LogP contribution >= 0.6 is 0 Å². The summed E-state index contributed by atoms with van der Waals surface area (Å²) in [7, 11) is 0. The molecule has 0 unspecified atom stereocenters. The van der Waals surface area contributed by atoms with Crippen molar-refractivity contribution in [1.29, 1.82) is 5.26 Å². The zero-order chi connectivity index (χ0) is 16.1. The highest BCUT2D eigenvalue weighted by Gasteiger charge is 2.15. The van der Waals surface area contributed by atoms with Crippen LogP contribution in [-0.4, -0.2) is 26.4 Å². The number of nitrogens with one attached hydrogen (secondary N) is 1. The maximum absolute atomic E-state index is 12.0. The van der Waals surface area contributed by atoms with Crippen LogP contribution in [0.3, 0.4) is 0 Å². The number of benzene rings is 1. The predicted molar refractivity (Wildman–Crippen MR) is 75.7 cm³/mol. The van der Waals surface area contributed by atoms with E-state index in [1.807, 2.05) is 6.92 Å². The Hall–Kier alpha value is -3.34. The lowest BCUT2D eigenvalue weighted by Gasteiger charge is -2.02. The number of anilines is 1. The van der Waals surface area contributed by atoms with Crippen molar-refractivity contribution in [2.24, 2.45) is 0 Å². The van der Waals surface area contributed by atoms with Gasteiger partial charge >= 0.3 is 0 Å². The van der Waals surface area contributed by atoms with Crippen molar-refractivity contribution >= 4 is 17.8 Å². The first kappa shape index (κ1) is 15.1. The number of carbonyl (C=O) groups excluding carboxylic acids is 1. The molecule has 1 aromatic carbocycles. The van der Waals surface area contributed by atoms with Crippen molar-refractivity contribution in [3.05, 3.63) is 35.0 Å². The van der Waals surface area contributed by atoms with Gasteiger partial charge in [-0.05, 0) is 35.3 Å². The van der Waals surface area contributed by atoms with Crippen LogP contribution in [0.1, 0.15) is 18.2 Å². The summed E-state index contributed by atoms with van der Waals surface area (Å²) in [6.45, 7) is 1.81. The lowest BCUT2D eigenvalue weighted by Crippen LogP contribution is -2.14. The first-order valence-electron chi connectivity index (χ1n) is 6.31. The number of amides is 1.